The highest BCUT2D eigenvalue weighted by molar-refractivity contribution is 7.11. The van der Waals surface area contributed by atoms with Gasteiger partial charge in [0.25, 0.3) is 0 Å². The van der Waals surface area contributed by atoms with E-state index in [1.165, 1.54) is 9.75 Å². The number of amides is 1. The van der Waals surface area contributed by atoms with Gasteiger partial charge in [-0.25, -0.2) is 0 Å². The molecule has 0 aromatic carbocycles. The standard InChI is InChI=1S/C17H22N4OS/c1-13-3-4-15(23-13)11-20-7-5-17(12-20)6-8-21(16(17)22)14-9-18-19(2)10-14/h3-4,9-10H,5-8,11-12H2,1-2H3/t17-/m0/s1. The van der Waals surface area contributed by atoms with Gasteiger partial charge in [-0.3, -0.25) is 14.4 Å². The fourth-order valence-corrected chi connectivity index (χ4v) is 4.81. The van der Waals surface area contributed by atoms with Crippen molar-refractivity contribution >= 4 is 22.9 Å². The summed E-state index contributed by atoms with van der Waals surface area (Å²) in [4.78, 5) is 20.1. The second-order valence-electron chi connectivity index (χ2n) is 6.83. The van der Waals surface area contributed by atoms with Gasteiger partial charge in [0, 0.05) is 42.6 Å². The van der Waals surface area contributed by atoms with Crippen LogP contribution in [-0.4, -0.2) is 40.2 Å². The molecular formula is C17H22N4OS. The first-order valence-corrected chi connectivity index (χ1v) is 8.96. The number of carbonyl (C=O) groups is 1. The molecule has 0 N–H and O–H groups in total. The van der Waals surface area contributed by atoms with Crippen molar-refractivity contribution in [1.82, 2.24) is 14.7 Å². The lowest BCUT2D eigenvalue weighted by Gasteiger charge is -2.23. The summed E-state index contributed by atoms with van der Waals surface area (Å²) in [5.41, 5.74) is 0.754. The van der Waals surface area contributed by atoms with Gasteiger partial charge in [0.05, 0.1) is 17.3 Å². The van der Waals surface area contributed by atoms with Gasteiger partial charge in [0.15, 0.2) is 0 Å². The summed E-state index contributed by atoms with van der Waals surface area (Å²) in [6.07, 6.45) is 5.66. The van der Waals surface area contributed by atoms with Crippen LogP contribution in [0.4, 0.5) is 5.69 Å². The van der Waals surface area contributed by atoms with Crippen molar-refractivity contribution in [1.29, 1.82) is 0 Å². The maximum absolute atomic E-state index is 13.0. The van der Waals surface area contributed by atoms with Gasteiger partial charge < -0.3 is 4.90 Å². The minimum absolute atomic E-state index is 0.178. The molecule has 5 nitrogen and oxygen atoms in total. The molecule has 0 saturated carbocycles. The molecule has 0 aliphatic carbocycles. The van der Waals surface area contributed by atoms with Crippen molar-refractivity contribution < 1.29 is 4.79 Å². The Balaban J connectivity index is 1.46. The van der Waals surface area contributed by atoms with Gasteiger partial charge in [0.2, 0.25) is 5.91 Å². The minimum Gasteiger partial charge on any atom is -0.309 e. The van der Waals surface area contributed by atoms with Crippen LogP contribution in [0.5, 0.6) is 0 Å². The van der Waals surface area contributed by atoms with E-state index in [-0.39, 0.29) is 11.3 Å². The zero-order valence-corrected chi connectivity index (χ0v) is 14.5. The van der Waals surface area contributed by atoms with Crippen molar-refractivity contribution in [3.63, 3.8) is 0 Å². The Bertz CT molecular complexity index is 737. The van der Waals surface area contributed by atoms with Gasteiger partial charge in [0.1, 0.15) is 0 Å². The molecule has 0 radical (unpaired) electrons. The van der Waals surface area contributed by atoms with Crippen LogP contribution in [-0.2, 0) is 18.4 Å². The molecule has 23 heavy (non-hydrogen) atoms. The second-order valence-corrected chi connectivity index (χ2v) is 8.20. The van der Waals surface area contributed by atoms with Crippen molar-refractivity contribution in [2.45, 2.75) is 26.3 Å². The van der Waals surface area contributed by atoms with Gasteiger partial charge in [-0.2, -0.15) is 5.10 Å². The molecule has 1 atom stereocenters. The van der Waals surface area contributed by atoms with Crippen LogP contribution in [0.15, 0.2) is 24.5 Å². The first kappa shape index (κ1) is 14.9. The third-order valence-electron chi connectivity index (χ3n) is 5.12. The number of carbonyl (C=O) groups excluding carboxylic acids is 1. The number of hydrogen-bond donors (Lipinski definition) is 0. The van der Waals surface area contributed by atoms with E-state index in [9.17, 15) is 4.79 Å². The molecule has 0 unspecified atom stereocenters. The molecule has 6 heteroatoms. The van der Waals surface area contributed by atoms with E-state index >= 15 is 0 Å². The lowest BCUT2D eigenvalue weighted by Crippen LogP contribution is -2.36. The first-order valence-electron chi connectivity index (χ1n) is 8.14. The number of hydrogen-bond acceptors (Lipinski definition) is 4. The number of anilines is 1. The number of likely N-dealkylation sites (tertiary alicyclic amines) is 1. The first-order chi connectivity index (χ1) is 11.1. The molecule has 2 saturated heterocycles. The molecule has 2 aliphatic heterocycles. The molecule has 1 amide bonds. The lowest BCUT2D eigenvalue weighted by molar-refractivity contribution is -0.125. The van der Waals surface area contributed by atoms with Gasteiger partial charge in [-0.05, 0) is 38.4 Å². The average molecular weight is 330 g/mol. The monoisotopic (exact) mass is 330 g/mol. The van der Waals surface area contributed by atoms with E-state index in [0.29, 0.717) is 0 Å². The smallest absolute Gasteiger partial charge is 0.234 e. The van der Waals surface area contributed by atoms with E-state index in [0.717, 1.165) is 44.7 Å². The number of aryl methyl sites for hydroxylation is 2. The summed E-state index contributed by atoms with van der Waals surface area (Å²) in [7, 11) is 1.89. The van der Waals surface area contributed by atoms with E-state index in [4.69, 9.17) is 0 Å². The van der Waals surface area contributed by atoms with Gasteiger partial charge >= 0.3 is 0 Å². The average Bonchev–Trinajstić information content (AvgIpc) is 3.26. The molecule has 122 valence electrons. The number of aromatic nitrogens is 2. The van der Waals surface area contributed by atoms with E-state index in [1.807, 2.05) is 29.5 Å². The highest BCUT2D eigenvalue weighted by Gasteiger charge is 2.51. The fourth-order valence-electron chi connectivity index (χ4n) is 3.88. The summed E-state index contributed by atoms with van der Waals surface area (Å²) < 4.78 is 1.76. The van der Waals surface area contributed by atoms with Crippen molar-refractivity contribution in [3.8, 4) is 0 Å². The van der Waals surface area contributed by atoms with Crippen molar-refractivity contribution in [2.75, 3.05) is 24.5 Å². The van der Waals surface area contributed by atoms with Gasteiger partial charge in [-0.15, -0.1) is 11.3 Å². The normalized spacial score (nSPS) is 25.1. The molecule has 1 spiro atoms. The number of thiophene rings is 1. The molecule has 2 fully saturated rings. The Morgan fingerprint density at radius 2 is 2.13 bits per heavy atom. The highest BCUT2D eigenvalue weighted by atomic mass is 32.1. The molecule has 2 aromatic rings. The molecule has 4 heterocycles. The topological polar surface area (TPSA) is 41.4 Å². The summed E-state index contributed by atoms with van der Waals surface area (Å²) in [5.74, 6) is 0.287. The maximum atomic E-state index is 13.0. The third kappa shape index (κ3) is 2.60. The Labute approximate surface area is 140 Å². The highest BCUT2D eigenvalue weighted by Crippen LogP contribution is 2.42. The predicted octanol–water partition coefficient (Wildman–Crippen LogP) is 2.42. The Hall–Kier alpha value is -1.66. The Kier molecular flexibility index (Phi) is 3.54. The summed E-state index contributed by atoms with van der Waals surface area (Å²) in [5, 5.41) is 4.20. The van der Waals surface area contributed by atoms with Crippen LogP contribution in [0.2, 0.25) is 0 Å². The van der Waals surface area contributed by atoms with Crippen LogP contribution in [0.25, 0.3) is 0 Å². The van der Waals surface area contributed by atoms with Gasteiger partial charge in [-0.1, -0.05) is 0 Å². The molecule has 2 aromatic heterocycles. The predicted molar refractivity (Wildman–Crippen MR) is 91.6 cm³/mol. The number of nitrogens with zero attached hydrogens (tertiary/aromatic N) is 4. The van der Waals surface area contributed by atoms with Crippen LogP contribution < -0.4 is 4.90 Å². The third-order valence-corrected chi connectivity index (χ3v) is 6.11. The van der Waals surface area contributed by atoms with Crippen LogP contribution >= 0.6 is 11.3 Å². The van der Waals surface area contributed by atoms with Crippen LogP contribution in [0.1, 0.15) is 22.6 Å². The fraction of sp³-hybridized carbons (Fsp3) is 0.529. The van der Waals surface area contributed by atoms with Crippen LogP contribution in [0.3, 0.4) is 0 Å². The zero-order valence-electron chi connectivity index (χ0n) is 13.7. The van der Waals surface area contributed by atoms with E-state index in [2.05, 4.69) is 29.1 Å². The minimum atomic E-state index is -0.178. The molecule has 2 aliphatic rings. The SMILES string of the molecule is Cc1ccc(CN2CC[C@]3(CCN(c4cnn(C)c4)C3=O)C2)s1. The maximum Gasteiger partial charge on any atom is 0.234 e. The molecular weight excluding hydrogens is 308 g/mol. The summed E-state index contributed by atoms with van der Waals surface area (Å²) in [6, 6.07) is 4.39. The van der Waals surface area contributed by atoms with Crippen LogP contribution in [0, 0.1) is 12.3 Å². The van der Waals surface area contributed by atoms with E-state index in [1.54, 1.807) is 10.9 Å². The largest absolute Gasteiger partial charge is 0.309 e. The van der Waals surface area contributed by atoms with Crippen molar-refractivity contribution in [2.24, 2.45) is 12.5 Å². The van der Waals surface area contributed by atoms with E-state index < -0.39 is 0 Å². The molecule has 4 rings (SSSR count). The summed E-state index contributed by atoms with van der Waals surface area (Å²) >= 11 is 1.86. The zero-order chi connectivity index (χ0) is 16.0. The second kappa shape index (κ2) is 5.46. The Morgan fingerprint density at radius 3 is 2.83 bits per heavy atom. The Morgan fingerprint density at radius 1 is 1.30 bits per heavy atom. The number of rotatable bonds is 3. The summed E-state index contributed by atoms with van der Waals surface area (Å²) in [6.45, 7) is 5.84. The quantitative estimate of drug-likeness (QED) is 0.868. The molecule has 0 bridgehead atoms. The van der Waals surface area contributed by atoms with Crippen molar-refractivity contribution in [3.05, 3.63) is 34.3 Å². The lowest BCUT2D eigenvalue weighted by atomic mass is 9.85.